The van der Waals surface area contributed by atoms with Crippen LogP contribution in [-0.2, 0) is 9.59 Å². The quantitative estimate of drug-likeness (QED) is 0.721. The second-order valence-electron chi connectivity index (χ2n) is 7.58. The molecule has 2 saturated heterocycles. The number of hydrogen-bond donors (Lipinski definition) is 1. The van der Waals surface area contributed by atoms with Crippen molar-refractivity contribution in [2.45, 2.75) is 86.6 Å². The van der Waals surface area contributed by atoms with Crippen molar-refractivity contribution in [2.75, 3.05) is 46.3 Å². The summed E-state index contributed by atoms with van der Waals surface area (Å²) in [6.07, 6.45) is 4.49. The van der Waals surface area contributed by atoms with Crippen LogP contribution in [0.3, 0.4) is 0 Å². The number of piperidine rings is 1. The van der Waals surface area contributed by atoms with Crippen LogP contribution in [0.4, 0.5) is 0 Å². The van der Waals surface area contributed by atoms with Crippen LogP contribution in [0.15, 0.2) is 0 Å². The lowest BCUT2D eigenvalue weighted by Gasteiger charge is -2.37. The van der Waals surface area contributed by atoms with Crippen molar-refractivity contribution < 1.29 is 9.59 Å². The molecule has 29 heavy (non-hydrogen) atoms. The first kappa shape index (κ1) is 30.1. The van der Waals surface area contributed by atoms with E-state index in [9.17, 15) is 9.59 Å². The van der Waals surface area contributed by atoms with Gasteiger partial charge in [-0.05, 0) is 38.8 Å². The molecule has 0 saturated carbocycles. The largest absolute Gasteiger partial charge is 0.343 e. The highest BCUT2D eigenvalue weighted by Crippen LogP contribution is 2.18. The molecule has 2 fully saturated rings. The molecule has 0 aromatic heterocycles. The Kier molecular flexibility index (Phi) is 19.5. The molecule has 2 rings (SSSR count). The zero-order chi connectivity index (χ0) is 22.8. The fourth-order valence-corrected chi connectivity index (χ4v) is 3.21. The second kappa shape index (κ2) is 18.9. The van der Waals surface area contributed by atoms with Gasteiger partial charge in [-0.1, -0.05) is 48.5 Å². The van der Waals surface area contributed by atoms with Crippen molar-refractivity contribution in [1.29, 1.82) is 0 Å². The Morgan fingerprint density at radius 2 is 1.41 bits per heavy atom. The number of carbonyl (C=O) groups excluding carboxylic acids is 2. The predicted octanol–water partition coefficient (Wildman–Crippen LogP) is 3.60. The van der Waals surface area contributed by atoms with E-state index in [-0.39, 0.29) is 0 Å². The Morgan fingerprint density at radius 1 is 0.966 bits per heavy atom. The predicted molar refractivity (Wildman–Crippen MR) is 125 cm³/mol. The summed E-state index contributed by atoms with van der Waals surface area (Å²) in [5, 5.41) is 0. The molecule has 2 amide bonds. The SMILES string of the molecule is CC.CC.CC(C)CC(=O)N1CCC(N(C)CCC(=O)N2CCC2)CC1.CCN. The molecule has 0 aromatic rings. The maximum atomic E-state index is 12.1. The van der Waals surface area contributed by atoms with Gasteiger partial charge in [-0.2, -0.15) is 0 Å². The maximum Gasteiger partial charge on any atom is 0.223 e. The fourth-order valence-electron chi connectivity index (χ4n) is 3.21. The smallest absolute Gasteiger partial charge is 0.223 e. The average molecular weight is 415 g/mol. The van der Waals surface area contributed by atoms with Gasteiger partial charge in [0.1, 0.15) is 0 Å². The Bertz CT molecular complexity index is 404. The van der Waals surface area contributed by atoms with Crippen molar-refractivity contribution in [2.24, 2.45) is 11.7 Å². The monoisotopic (exact) mass is 414 g/mol. The van der Waals surface area contributed by atoms with Crippen LogP contribution in [0.2, 0.25) is 0 Å². The minimum atomic E-state index is 0.294. The summed E-state index contributed by atoms with van der Waals surface area (Å²) in [6.45, 7) is 19.3. The van der Waals surface area contributed by atoms with Gasteiger partial charge in [0.05, 0.1) is 0 Å². The summed E-state index contributed by atoms with van der Waals surface area (Å²) in [5.74, 6) is 1.02. The lowest BCUT2D eigenvalue weighted by Crippen LogP contribution is -2.47. The van der Waals surface area contributed by atoms with Crippen LogP contribution in [0.1, 0.15) is 80.6 Å². The van der Waals surface area contributed by atoms with Gasteiger partial charge in [0, 0.05) is 51.6 Å². The van der Waals surface area contributed by atoms with E-state index < -0.39 is 0 Å². The zero-order valence-corrected chi connectivity index (χ0v) is 20.7. The highest BCUT2D eigenvalue weighted by molar-refractivity contribution is 5.77. The van der Waals surface area contributed by atoms with Crippen molar-refractivity contribution in [3.8, 4) is 0 Å². The van der Waals surface area contributed by atoms with Gasteiger partial charge in [-0.15, -0.1) is 0 Å². The molecule has 2 N–H and O–H groups in total. The summed E-state index contributed by atoms with van der Waals surface area (Å²) in [4.78, 5) is 30.2. The fraction of sp³-hybridized carbons (Fsp3) is 0.913. The molecule has 6 heteroatoms. The summed E-state index contributed by atoms with van der Waals surface area (Å²) in [6, 6.07) is 0.507. The topological polar surface area (TPSA) is 69.9 Å². The maximum absolute atomic E-state index is 12.1. The van der Waals surface area contributed by atoms with E-state index in [0.29, 0.717) is 36.6 Å². The molecule has 0 aromatic carbocycles. The van der Waals surface area contributed by atoms with Crippen molar-refractivity contribution in [3.63, 3.8) is 0 Å². The van der Waals surface area contributed by atoms with E-state index in [2.05, 4.69) is 25.8 Å². The first-order valence-corrected chi connectivity index (χ1v) is 11.8. The number of rotatable bonds is 6. The third-order valence-electron chi connectivity index (χ3n) is 4.91. The summed E-state index contributed by atoms with van der Waals surface area (Å²) < 4.78 is 0. The number of likely N-dealkylation sites (tertiary alicyclic amines) is 2. The van der Waals surface area contributed by atoms with Crippen LogP contribution in [0.5, 0.6) is 0 Å². The molecule has 0 aliphatic carbocycles. The van der Waals surface area contributed by atoms with E-state index in [1.165, 1.54) is 0 Å². The van der Waals surface area contributed by atoms with E-state index in [0.717, 1.165) is 58.5 Å². The molecule has 0 unspecified atom stereocenters. The number of carbonyl (C=O) groups is 2. The standard InChI is InChI=1S/C17H31N3O2.C2H7N.2C2H6/c1-14(2)13-17(22)20-11-5-15(6-12-20)18(3)10-7-16(21)19-8-4-9-19;1-2-3;2*1-2/h14-15H,4-13H2,1-3H3;2-3H2,1H3;2*1-2H3. The van der Waals surface area contributed by atoms with Gasteiger partial charge in [-0.25, -0.2) is 0 Å². The van der Waals surface area contributed by atoms with Crippen LogP contribution in [0.25, 0.3) is 0 Å². The molecule has 2 aliphatic heterocycles. The van der Waals surface area contributed by atoms with Gasteiger partial charge >= 0.3 is 0 Å². The van der Waals surface area contributed by atoms with Crippen molar-refractivity contribution in [3.05, 3.63) is 0 Å². The third-order valence-corrected chi connectivity index (χ3v) is 4.91. The summed E-state index contributed by atoms with van der Waals surface area (Å²) >= 11 is 0. The lowest BCUT2D eigenvalue weighted by atomic mass is 10.0. The average Bonchev–Trinajstić information content (AvgIpc) is 2.68. The van der Waals surface area contributed by atoms with Crippen LogP contribution in [-0.4, -0.2) is 78.9 Å². The van der Waals surface area contributed by atoms with E-state index in [1.807, 2.05) is 44.4 Å². The molecular weight excluding hydrogens is 364 g/mol. The Labute approximate surface area is 181 Å². The van der Waals surface area contributed by atoms with Gasteiger partial charge in [0.15, 0.2) is 0 Å². The molecule has 0 atom stereocenters. The van der Waals surface area contributed by atoms with Gasteiger partial charge < -0.3 is 20.4 Å². The van der Waals surface area contributed by atoms with Gasteiger partial charge in [0.2, 0.25) is 11.8 Å². The van der Waals surface area contributed by atoms with Crippen LogP contribution in [0, 0.1) is 5.92 Å². The number of nitrogens with zero attached hydrogens (tertiary/aromatic N) is 3. The summed E-state index contributed by atoms with van der Waals surface area (Å²) in [5.41, 5.74) is 4.85. The molecule has 6 nitrogen and oxygen atoms in total. The molecular formula is C23H50N4O2. The van der Waals surface area contributed by atoms with Gasteiger partial charge in [-0.3, -0.25) is 9.59 Å². The van der Waals surface area contributed by atoms with Gasteiger partial charge in [0.25, 0.3) is 0 Å². The Morgan fingerprint density at radius 3 is 1.79 bits per heavy atom. The molecule has 0 spiro atoms. The number of hydrogen-bond acceptors (Lipinski definition) is 4. The number of nitrogens with two attached hydrogens (primary N) is 1. The van der Waals surface area contributed by atoms with E-state index in [1.54, 1.807) is 0 Å². The van der Waals surface area contributed by atoms with E-state index in [4.69, 9.17) is 5.73 Å². The summed E-state index contributed by atoms with van der Waals surface area (Å²) in [7, 11) is 2.11. The molecule has 2 aliphatic rings. The van der Waals surface area contributed by atoms with Crippen molar-refractivity contribution in [1.82, 2.24) is 14.7 Å². The van der Waals surface area contributed by atoms with Crippen LogP contribution >= 0.6 is 0 Å². The zero-order valence-electron chi connectivity index (χ0n) is 20.7. The first-order valence-electron chi connectivity index (χ1n) is 11.8. The minimum absolute atomic E-state index is 0.294. The molecule has 174 valence electrons. The highest BCUT2D eigenvalue weighted by atomic mass is 16.2. The third kappa shape index (κ3) is 12.9. The Balaban J connectivity index is 0. The van der Waals surface area contributed by atoms with Crippen LogP contribution < -0.4 is 5.73 Å². The molecule has 2 heterocycles. The second-order valence-corrected chi connectivity index (χ2v) is 7.58. The number of amides is 2. The highest BCUT2D eigenvalue weighted by Gasteiger charge is 2.26. The molecule has 0 bridgehead atoms. The van der Waals surface area contributed by atoms with E-state index >= 15 is 0 Å². The normalized spacial score (nSPS) is 16.0. The lowest BCUT2D eigenvalue weighted by molar-refractivity contribution is -0.135. The van der Waals surface area contributed by atoms with Crippen molar-refractivity contribution >= 4 is 11.8 Å². The molecule has 0 radical (unpaired) electrons. The minimum Gasteiger partial charge on any atom is -0.343 e. The Hall–Kier alpha value is -1.14. The first-order chi connectivity index (χ1) is 13.9.